The predicted molar refractivity (Wildman–Crippen MR) is 130 cm³/mol. The van der Waals surface area contributed by atoms with Crippen LogP contribution in [0.4, 0.5) is 23.5 Å². The number of hydrogen-bond donors (Lipinski definition) is 3. The molecule has 0 aliphatic heterocycles. The first kappa shape index (κ1) is 21.9. The van der Waals surface area contributed by atoms with Crippen molar-refractivity contribution >= 4 is 23.5 Å². The minimum absolute atomic E-state index is 0.450. The number of nitrogens with one attached hydrogen (secondary N) is 3. The molecule has 3 N–H and O–H groups in total. The number of hydrogen-bond acceptors (Lipinski definition) is 8. The summed E-state index contributed by atoms with van der Waals surface area (Å²) in [5.74, 6) is 3.02. The zero-order valence-electron chi connectivity index (χ0n) is 18.6. The SMILES string of the molecule is COc1ccc(CNc2nc(NCc3ccc(OC)cc3)nc(Nc3ccccc3)n2)cc1. The Morgan fingerprint density at radius 3 is 1.48 bits per heavy atom. The van der Waals surface area contributed by atoms with Crippen LogP contribution >= 0.6 is 0 Å². The summed E-state index contributed by atoms with van der Waals surface area (Å²) in [6.45, 7) is 1.13. The number of methoxy groups -OCH3 is 2. The van der Waals surface area contributed by atoms with E-state index in [2.05, 4.69) is 30.9 Å². The van der Waals surface area contributed by atoms with Crippen molar-refractivity contribution in [2.24, 2.45) is 0 Å². The van der Waals surface area contributed by atoms with Gasteiger partial charge in [0, 0.05) is 18.8 Å². The van der Waals surface area contributed by atoms with Gasteiger partial charge in [-0.25, -0.2) is 0 Å². The van der Waals surface area contributed by atoms with Crippen molar-refractivity contribution in [2.75, 3.05) is 30.2 Å². The second kappa shape index (κ2) is 10.8. The maximum atomic E-state index is 5.22. The lowest BCUT2D eigenvalue weighted by Crippen LogP contribution is -2.11. The molecule has 0 unspecified atom stereocenters. The molecule has 1 aromatic heterocycles. The van der Waals surface area contributed by atoms with Crippen molar-refractivity contribution in [1.82, 2.24) is 15.0 Å². The van der Waals surface area contributed by atoms with Gasteiger partial charge in [0.1, 0.15) is 11.5 Å². The fraction of sp³-hybridized carbons (Fsp3) is 0.160. The number of aromatic nitrogens is 3. The highest BCUT2D eigenvalue weighted by molar-refractivity contribution is 5.55. The van der Waals surface area contributed by atoms with E-state index in [0.29, 0.717) is 30.9 Å². The van der Waals surface area contributed by atoms with E-state index >= 15 is 0 Å². The van der Waals surface area contributed by atoms with Crippen LogP contribution in [0.15, 0.2) is 78.9 Å². The van der Waals surface area contributed by atoms with Crippen molar-refractivity contribution in [3.63, 3.8) is 0 Å². The first-order valence-corrected chi connectivity index (χ1v) is 10.5. The second-order valence-corrected chi connectivity index (χ2v) is 7.20. The molecule has 3 aromatic carbocycles. The van der Waals surface area contributed by atoms with Crippen LogP contribution in [-0.2, 0) is 13.1 Å². The van der Waals surface area contributed by atoms with E-state index in [-0.39, 0.29) is 0 Å². The van der Waals surface area contributed by atoms with Gasteiger partial charge in [0.25, 0.3) is 0 Å². The summed E-state index contributed by atoms with van der Waals surface area (Å²) in [6.07, 6.45) is 0. The smallest absolute Gasteiger partial charge is 0.233 e. The minimum Gasteiger partial charge on any atom is -0.497 e. The maximum absolute atomic E-state index is 5.22. The Hall–Kier alpha value is -4.33. The standard InChI is InChI=1S/C25H26N6O2/c1-32-21-12-8-18(9-13-21)16-26-23-29-24(27-17-19-10-14-22(33-2)15-11-19)31-25(30-23)28-20-6-4-3-5-7-20/h3-15H,16-17H2,1-2H3,(H3,26,27,28,29,30,31). The van der Waals surface area contributed by atoms with Gasteiger partial charge in [-0.2, -0.15) is 15.0 Å². The van der Waals surface area contributed by atoms with Crippen LogP contribution in [0.5, 0.6) is 11.5 Å². The van der Waals surface area contributed by atoms with Crippen LogP contribution in [0.2, 0.25) is 0 Å². The Balaban J connectivity index is 1.50. The van der Waals surface area contributed by atoms with Crippen LogP contribution in [0.3, 0.4) is 0 Å². The summed E-state index contributed by atoms with van der Waals surface area (Å²) in [7, 11) is 3.31. The number of benzene rings is 3. The average Bonchev–Trinajstić information content (AvgIpc) is 2.87. The number of anilines is 4. The van der Waals surface area contributed by atoms with E-state index in [0.717, 1.165) is 28.3 Å². The number of ether oxygens (including phenoxy) is 2. The first-order chi connectivity index (χ1) is 16.2. The third-order valence-corrected chi connectivity index (χ3v) is 4.88. The van der Waals surface area contributed by atoms with E-state index < -0.39 is 0 Å². The van der Waals surface area contributed by atoms with Crippen molar-refractivity contribution in [2.45, 2.75) is 13.1 Å². The molecule has 0 saturated heterocycles. The summed E-state index contributed by atoms with van der Waals surface area (Å²) < 4.78 is 10.4. The van der Waals surface area contributed by atoms with Crippen LogP contribution in [0, 0.1) is 0 Å². The molecule has 0 spiro atoms. The van der Waals surface area contributed by atoms with E-state index in [9.17, 15) is 0 Å². The summed E-state index contributed by atoms with van der Waals surface area (Å²) in [5.41, 5.74) is 3.06. The minimum atomic E-state index is 0.450. The van der Waals surface area contributed by atoms with Crippen LogP contribution in [0.25, 0.3) is 0 Å². The molecule has 168 valence electrons. The zero-order chi connectivity index (χ0) is 22.9. The van der Waals surface area contributed by atoms with Gasteiger partial charge in [-0.05, 0) is 47.5 Å². The lowest BCUT2D eigenvalue weighted by molar-refractivity contribution is 0.414. The van der Waals surface area contributed by atoms with Crippen LogP contribution in [0.1, 0.15) is 11.1 Å². The fourth-order valence-electron chi connectivity index (χ4n) is 3.09. The number of para-hydroxylation sites is 1. The lowest BCUT2D eigenvalue weighted by Gasteiger charge is -2.12. The van der Waals surface area contributed by atoms with Gasteiger partial charge in [0.2, 0.25) is 17.8 Å². The van der Waals surface area contributed by atoms with Gasteiger partial charge in [-0.1, -0.05) is 42.5 Å². The summed E-state index contributed by atoms with van der Waals surface area (Å²) in [6, 6.07) is 25.5. The van der Waals surface area contributed by atoms with Crippen LogP contribution in [-0.4, -0.2) is 29.2 Å². The lowest BCUT2D eigenvalue weighted by atomic mass is 10.2. The molecule has 4 rings (SSSR count). The van der Waals surface area contributed by atoms with E-state index in [1.54, 1.807) is 14.2 Å². The van der Waals surface area contributed by atoms with Gasteiger partial charge in [0.15, 0.2) is 0 Å². The Kier molecular flexibility index (Phi) is 7.17. The first-order valence-electron chi connectivity index (χ1n) is 10.5. The quantitative estimate of drug-likeness (QED) is 0.321. The molecule has 0 radical (unpaired) electrons. The Morgan fingerprint density at radius 2 is 1.03 bits per heavy atom. The molecule has 8 heteroatoms. The van der Waals surface area contributed by atoms with Gasteiger partial charge in [0.05, 0.1) is 14.2 Å². The van der Waals surface area contributed by atoms with E-state index in [4.69, 9.17) is 9.47 Å². The van der Waals surface area contributed by atoms with Gasteiger partial charge >= 0.3 is 0 Å². The molecule has 33 heavy (non-hydrogen) atoms. The molecule has 0 aliphatic rings. The highest BCUT2D eigenvalue weighted by Crippen LogP contribution is 2.18. The maximum Gasteiger partial charge on any atom is 0.233 e. The van der Waals surface area contributed by atoms with Crippen molar-refractivity contribution < 1.29 is 9.47 Å². The van der Waals surface area contributed by atoms with Crippen molar-refractivity contribution in [1.29, 1.82) is 0 Å². The Labute approximate surface area is 193 Å². The normalized spacial score (nSPS) is 10.4. The summed E-state index contributed by atoms with van der Waals surface area (Å²) in [5, 5.41) is 9.79. The Bertz CT molecular complexity index is 1080. The molecule has 0 atom stereocenters. The number of nitrogens with zero attached hydrogens (tertiary/aromatic N) is 3. The van der Waals surface area contributed by atoms with Crippen molar-refractivity contribution in [3.8, 4) is 11.5 Å². The molecule has 8 nitrogen and oxygen atoms in total. The van der Waals surface area contributed by atoms with Crippen LogP contribution < -0.4 is 25.4 Å². The van der Waals surface area contributed by atoms with Crippen molar-refractivity contribution in [3.05, 3.63) is 90.0 Å². The highest BCUT2D eigenvalue weighted by Gasteiger charge is 2.08. The molecular weight excluding hydrogens is 416 g/mol. The Morgan fingerprint density at radius 1 is 0.576 bits per heavy atom. The van der Waals surface area contributed by atoms with E-state index in [1.165, 1.54) is 0 Å². The monoisotopic (exact) mass is 442 g/mol. The molecular formula is C25H26N6O2. The van der Waals surface area contributed by atoms with Gasteiger partial charge in [-0.3, -0.25) is 0 Å². The largest absolute Gasteiger partial charge is 0.497 e. The molecule has 0 bridgehead atoms. The average molecular weight is 443 g/mol. The summed E-state index contributed by atoms with van der Waals surface area (Å²) in [4.78, 5) is 13.6. The topological polar surface area (TPSA) is 93.2 Å². The molecule has 0 saturated carbocycles. The van der Waals surface area contributed by atoms with E-state index in [1.807, 2.05) is 78.9 Å². The van der Waals surface area contributed by atoms with Gasteiger partial charge in [-0.15, -0.1) is 0 Å². The van der Waals surface area contributed by atoms with Gasteiger partial charge < -0.3 is 25.4 Å². The zero-order valence-corrected chi connectivity index (χ0v) is 18.6. The highest BCUT2D eigenvalue weighted by atomic mass is 16.5. The molecule has 4 aromatic rings. The second-order valence-electron chi connectivity index (χ2n) is 7.20. The predicted octanol–water partition coefficient (Wildman–Crippen LogP) is 4.86. The molecule has 0 aliphatic carbocycles. The molecule has 0 amide bonds. The fourth-order valence-corrected chi connectivity index (χ4v) is 3.09. The number of rotatable bonds is 10. The third-order valence-electron chi connectivity index (χ3n) is 4.88. The third kappa shape index (κ3) is 6.33. The molecule has 0 fully saturated rings. The summed E-state index contributed by atoms with van der Waals surface area (Å²) >= 11 is 0. The molecule has 1 heterocycles.